The second-order valence-corrected chi connectivity index (χ2v) is 33.2. The summed E-state index contributed by atoms with van der Waals surface area (Å²) >= 11 is 0. The smallest absolute Gasteiger partial charge is 0.0126 e. The molecule has 0 spiro atoms. The Morgan fingerprint density at radius 3 is 0.607 bits per heavy atom. The fraction of sp³-hybridized carbons (Fsp3) is 0.402. The largest absolute Gasteiger partial charge is 0.0776 e. The van der Waals surface area contributed by atoms with Gasteiger partial charge in [-0.1, -0.05) is 546 Å². The first kappa shape index (κ1) is 103. The van der Waals surface area contributed by atoms with Gasteiger partial charge in [-0.15, -0.1) is 0 Å². The monoisotopic (exact) mass is 1440 g/mol. The molecule has 0 saturated heterocycles. The minimum atomic E-state index is 0. The summed E-state index contributed by atoms with van der Waals surface area (Å²) < 4.78 is 0. The van der Waals surface area contributed by atoms with Gasteiger partial charge < -0.3 is 0 Å². The van der Waals surface area contributed by atoms with E-state index >= 15 is 0 Å². The maximum atomic E-state index is 2.26. The zero-order valence-electron chi connectivity index (χ0n) is 73.9. The van der Waals surface area contributed by atoms with Crippen molar-refractivity contribution in [1.29, 1.82) is 0 Å². The highest BCUT2D eigenvalue weighted by molar-refractivity contribution is 5.86. The van der Waals surface area contributed by atoms with Crippen molar-refractivity contribution in [3.63, 3.8) is 0 Å². The molecule has 0 aromatic heterocycles. The van der Waals surface area contributed by atoms with E-state index in [-0.39, 0.29) is 23.7 Å². The quantitative estimate of drug-likeness (QED) is 0.162. The standard InChI is InChI=1S/2C16H18.C14H16.5C10H14.5C2H6.CH4/c1-16(2,3)15-12-8-7-11-14(15)13-9-5-4-6-10-13;1-16(2,3)15-11-9-14(10-12-15)13-7-5-4-6-8-13;1-14(2,3)13-10-6-8-11-7-4-5-9-12(11)13;5*1-10(2,3)9-7-5-4-6-8-9;5*1-2;/h2*4-12H,1-3H3;4-10H,1-3H3;5*4-8H,1-3H3;5*1-2H3;1H4. The van der Waals surface area contributed by atoms with Crippen LogP contribution in [0, 0.1) is 0 Å². The highest BCUT2D eigenvalue weighted by Gasteiger charge is 2.20. The molecule has 0 unspecified atom stereocenters. The minimum absolute atomic E-state index is 0. The Kier molecular flexibility index (Phi) is 50.6. The van der Waals surface area contributed by atoms with Crippen molar-refractivity contribution in [2.75, 3.05) is 0 Å². The third-order valence-corrected chi connectivity index (χ3v) is 16.5. The molecule has 0 bridgehead atoms. The fourth-order valence-corrected chi connectivity index (χ4v) is 10.4. The van der Waals surface area contributed by atoms with Gasteiger partial charge >= 0.3 is 0 Å². The molecule has 0 N–H and O–H groups in total. The van der Waals surface area contributed by atoms with Gasteiger partial charge in [-0.05, 0) is 121 Å². The number of hydrogen-bond acceptors (Lipinski definition) is 0. The number of rotatable bonds is 2. The number of benzene rings is 11. The van der Waals surface area contributed by atoms with Crippen LogP contribution in [0.15, 0.2) is 303 Å². The molecule has 0 atom stereocenters. The van der Waals surface area contributed by atoms with Crippen molar-refractivity contribution in [3.8, 4) is 22.3 Å². The molecule has 0 nitrogen and oxygen atoms in total. The van der Waals surface area contributed by atoms with Gasteiger partial charge in [-0.3, -0.25) is 0 Å². The zero-order chi connectivity index (χ0) is 81.4. The van der Waals surface area contributed by atoms with E-state index < -0.39 is 0 Å². The van der Waals surface area contributed by atoms with E-state index in [1.165, 1.54) is 77.5 Å². The van der Waals surface area contributed by atoms with E-state index in [1.807, 2.05) is 75.3 Å². The normalized spacial score (nSPS) is 10.6. The lowest BCUT2D eigenvalue weighted by molar-refractivity contribution is 0.590. The number of hydrogen-bond donors (Lipinski definition) is 0. The first-order valence-corrected chi connectivity index (χ1v) is 39.8. The van der Waals surface area contributed by atoms with Crippen molar-refractivity contribution >= 4 is 10.8 Å². The Morgan fingerprint density at radius 2 is 0.346 bits per heavy atom. The van der Waals surface area contributed by atoms with Crippen LogP contribution in [0.5, 0.6) is 0 Å². The molecule has 0 amide bonds. The number of fused-ring (bicyclic) bond motifs is 1. The van der Waals surface area contributed by atoms with Crippen LogP contribution >= 0.6 is 0 Å². The van der Waals surface area contributed by atoms with Gasteiger partial charge in [-0.2, -0.15) is 0 Å². The SMILES string of the molecule is C.CC.CC.CC.CC.CC.CC(C)(C)c1ccc(-c2ccccc2)cc1.CC(C)(C)c1cccc2ccccc12.CC(C)(C)c1ccccc1.CC(C)(C)c1ccccc1.CC(C)(C)c1ccccc1.CC(C)(C)c1ccccc1.CC(C)(C)c1ccccc1.CC(C)(C)c1ccccc1-c1ccccc1. The molecule has 0 heterocycles. The summed E-state index contributed by atoms with van der Waals surface area (Å²) in [6.07, 6.45) is 0. The van der Waals surface area contributed by atoms with Gasteiger partial charge in [0.25, 0.3) is 0 Å². The van der Waals surface area contributed by atoms with Gasteiger partial charge in [0.15, 0.2) is 0 Å². The molecule has 0 heteroatoms. The van der Waals surface area contributed by atoms with Crippen molar-refractivity contribution < 1.29 is 0 Å². The second-order valence-electron chi connectivity index (χ2n) is 33.2. The average Bonchev–Trinajstić information content (AvgIpc) is 0.809. The van der Waals surface area contributed by atoms with Crippen LogP contribution in [0.25, 0.3) is 33.0 Å². The summed E-state index contributed by atoms with van der Waals surface area (Å²) in [6.45, 7) is 73.6. The third-order valence-electron chi connectivity index (χ3n) is 16.5. The van der Waals surface area contributed by atoms with E-state index in [0.29, 0.717) is 27.1 Å². The van der Waals surface area contributed by atoms with Crippen LogP contribution < -0.4 is 0 Å². The molecule has 107 heavy (non-hydrogen) atoms. The highest BCUT2D eigenvalue weighted by atomic mass is 14.2. The Morgan fingerprint density at radius 1 is 0.150 bits per heavy atom. The molecule has 11 aromatic rings. The summed E-state index contributed by atoms with van der Waals surface area (Å²) in [4.78, 5) is 0. The average molecular weight is 1440 g/mol. The predicted molar refractivity (Wildman–Crippen MR) is 493 cm³/mol. The first-order chi connectivity index (χ1) is 49.8. The summed E-state index contributed by atoms with van der Waals surface area (Å²) in [6, 6.07) is 106. The van der Waals surface area contributed by atoms with E-state index in [1.54, 1.807) is 0 Å². The molecule has 0 aliphatic carbocycles. The third kappa shape index (κ3) is 42.1. The molecule has 0 aliphatic heterocycles. The van der Waals surface area contributed by atoms with Gasteiger partial charge in [-0.25, -0.2) is 0 Å². The summed E-state index contributed by atoms with van der Waals surface area (Å²) in [7, 11) is 0. The van der Waals surface area contributed by atoms with Gasteiger partial charge in [0, 0.05) is 0 Å². The maximum absolute atomic E-state index is 2.26. The first-order valence-electron chi connectivity index (χ1n) is 39.8. The van der Waals surface area contributed by atoms with E-state index in [2.05, 4.69) is 463 Å². The van der Waals surface area contributed by atoms with Crippen molar-refractivity contribution in [2.45, 2.75) is 286 Å². The topological polar surface area (TPSA) is 0 Å². The summed E-state index contributed by atoms with van der Waals surface area (Å²) in [5, 5.41) is 2.71. The lowest BCUT2D eigenvalue weighted by atomic mass is 9.82. The molecule has 0 saturated carbocycles. The lowest BCUT2D eigenvalue weighted by Crippen LogP contribution is -2.12. The van der Waals surface area contributed by atoms with Gasteiger partial charge in [0.1, 0.15) is 0 Å². The molecule has 584 valence electrons. The van der Waals surface area contributed by atoms with Crippen molar-refractivity contribution in [1.82, 2.24) is 0 Å². The Hall–Kier alpha value is -8.32. The Bertz CT molecular complexity index is 3550. The summed E-state index contributed by atoms with van der Waals surface area (Å²) in [5.41, 5.74) is 18.5. The molecular weight excluding hydrogens is 1290 g/mol. The van der Waals surface area contributed by atoms with Crippen LogP contribution in [-0.2, 0) is 43.3 Å². The second kappa shape index (κ2) is 52.7. The molecule has 0 aliphatic rings. The van der Waals surface area contributed by atoms with E-state index in [9.17, 15) is 0 Å². The van der Waals surface area contributed by atoms with Crippen molar-refractivity contribution in [2.24, 2.45) is 0 Å². The molecule has 0 radical (unpaired) electrons. The molecule has 0 fully saturated rings. The van der Waals surface area contributed by atoms with Crippen molar-refractivity contribution in [3.05, 3.63) is 348 Å². The maximum Gasteiger partial charge on any atom is -0.0126 e. The van der Waals surface area contributed by atoms with E-state index in [0.717, 1.165) is 0 Å². The van der Waals surface area contributed by atoms with Crippen LogP contribution in [0.2, 0.25) is 0 Å². The minimum Gasteiger partial charge on any atom is -0.0776 e. The Balaban J connectivity index is -0.00000114. The fourth-order valence-electron chi connectivity index (χ4n) is 10.4. The molecule has 11 aromatic carbocycles. The van der Waals surface area contributed by atoms with Gasteiger partial charge in [0.2, 0.25) is 0 Å². The Labute approximate surface area is 662 Å². The predicted octanol–water partition coefficient (Wildman–Crippen LogP) is 34.1. The van der Waals surface area contributed by atoms with Gasteiger partial charge in [0.05, 0.1) is 0 Å². The highest BCUT2D eigenvalue weighted by Crippen LogP contribution is 2.34. The van der Waals surface area contributed by atoms with E-state index in [4.69, 9.17) is 0 Å². The van der Waals surface area contributed by atoms with Crippen LogP contribution in [0.3, 0.4) is 0 Å². The molecule has 11 rings (SSSR count). The molecular formula is C107H156. The van der Waals surface area contributed by atoms with Crippen LogP contribution in [0.1, 0.15) is 287 Å². The lowest BCUT2D eigenvalue weighted by Gasteiger charge is -2.23. The zero-order valence-corrected chi connectivity index (χ0v) is 73.9. The summed E-state index contributed by atoms with van der Waals surface area (Å²) in [5.74, 6) is 0. The van der Waals surface area contributed by atoms with Crippen LogP contribution in [0.4, 0.5) is 0 Å². The van der Waals surface area contributed by atoms with Crippen LogP contribution in [-0.4, -0.2) is 0 Å².